The fourth-order valence-electron chi connectivity index (χ4n) is 2.44. The van der Waals surface area contributed by atoms with Crippen LogP contribution in [-0.2, 0) is 4.74 Å². The number of aliphatic hydroxyl groups excluding tert-OH is 1. The van der Waals surface area contributed by atoms with E-state index in [-0.39, 0.29) is 12.3 Å². The molecule has 0 spiro atoms. The van der Waals surface area contributed by atoms with Crippen molar-refractivity contribution in [3.8, 4) is 0 Å². The Bertz CT molecular complexity index is 185. The van der Waals surface area contributed by atoms with Gasteiger partial charge in [0.2, 0.25) is 0 Å². The minimum atomic E-state index is -0.307. The summed E-state index contributed by atoms with van der Waals surface area (Å²) in [5, 5.41) is 13.2. The molecular formula is C11H22N2O2. The van der Waals surface area contributed by atoms with Crippen molar-refractivity contribution in [3.63, 3.8) is 0 Å². The highest BCUT2D eigenvalue weighted by Crippen LogP contribution is 2.20. The van der Waals surface area contributed by atoms with Crippen molar-refractivity contribution in [1.82, 2.24) is 10.2 Å². The van der Waals surface area contributed by atoms with E-state index < -0.39 is 0 Å². The molecule has 2 atom stereocenters. The maximum atomic E-state index is 9.89. The highest BCUT2D eigenvalue weighted by molar-refractivity contribution is 4.78. The summed E-state index contributed by atoms with van der Waals surface area (Å²) in [5.41, 5.74) is 0. The van der Waals surface area contributed by atoms with E-state index >= 15 is 0 Å². The third kappa shape index (κ3) is 2.91. The molecule has 2 N–H and O–H groups in total. The van der Waals surface area contributed by atoms with Gasteiger partial charge in [-0.2, -0.15) is 0 Å². The molecule has 15 heavy (non-hydrogen) atoms. The van der Waals surface area contributed by atoms with Crippen molar-refractivity contribution >= 4 is 0 Å². The third-order valence-corrected chi connectivity index (χ3v) is 3.39. The molecule has 88 valence electrons. The summed E-state index contributed by atoms with van der Waals surface area (Å²) in [6.45, 7) is 3.11. The molecule has 4 nitrogen and oxygen atoms in total. The lowest BCUT2D eigenvalue weighted by Crippen LogP contribution is -2.50. The quantitative estimate of drug-likeness (QED) is 0.688. The van der Waals surface area contributed by atoms with E-state index in [1.165, 1.54) is 0 Å². The number of likely N-dealkylation sites (tertiary alicyclic amines) is 1. The number of nitrogens with zero attached hydrogens (tertiary/aromatic N) is 1. The number of aliphatic hydroxyl groups is 1. The van der Waals surface area contributed by atoms with E-state index in [9.17, 15) is 5.11 Å². The zero-order valence-electron chi connectivity index (χ0n) is 9.48. The molecule has 0 saturated carbocycles. The minimum Gasteiger partial charge on any atom is -0.389 e. The lowest BCUT2D eigenvalue weighted by Gasteiger charge is -2.39. The van der Waals surface area contributed by atoms with Crippen molar-refractivity contribution in [2.24, 2.45) is 0 Å². The van der Waals surface area contributed by atoms with Crippen LogP contribution in [0.4, 0.5) is 0 Å². The summed E-state index contributed by atoms with van der Waals surface area (Å²) in [5.74, 6) is 0. The van der Waals surface area contributed by atoms with Gasteiger partial charge in [0.15, 0.2) is 0 Å². The maximum absolute atomic E-state index is 9.89. The molecular weight excluding hydrogens is 192 g/mol. The fourth-order valence-corrected chi connectivity index (χ4v) is 2.44. The smallest absolute Gasteiger partial charge is 0.136 e. The number of nitrogens with one attached hydrogen (secondary N) is 1. The molecule has 0 aromatic heterocycles. The zero-order chi connectivity index (χ0) is 10.7. The predicted octanol–water partition coefficient (Wildman–Crippen LogP) is 0.168. The monoisotopic (exact) mass is 214 g/mol. The van der Waals surface area contributed by atoms with Gasteiger partial charge in [0.25, 0.3) is 0 Å². The zero-order valence-corrected chi connectivity index (χ0v) is 9.48. The normalized spacial score (nSPS) is 35.6. The first-order chi connectivity index (χ1) is 7.27. The van der Waals surface area contributed by atoms with Crippen molar-refractivity contribution < 1.29 is 9.84 Å². The van der Waals surface area contributed by atoms with E-state index in [2.05, 4.69) is 10.2 Å². The van der Waals surface area contributed by atoms with Crippen LogP contribution in [-0.4, -0.2) is 55.1 Å². The second-order valence-electron chi connectivity index (χ2n) is 4.67. The van der Waals surface area contributed by atoms with Gasteiger partial charge in [-0.1, -0.05) is 0 Å². The number of rotatable bonds is 2. The average Bonchev–Trinajstić information content (AvgIpc) is 2.25. The van der Waals surface area contributed by atoms with Gasteiger partial charge in [-0.3, -0.25) is 4.90 Å². The Morgan fingerprint density at radius 3 is 2.67 bits per heavy atom. The van der Waals surface area contributed by atoms with Crippen molar-refractivity contribution in [3.05, 3.63) is 0 Å². The molecule has 2 aliphatic rings. The van der Waals surface area contributed by atoms with Crippen LogP contribution in [0.25, 0.3) is 0 Å². The summed E-state index contributed by atoms with van der Waals surface area (Å²) < 4.78 is 5.99. The van der Waals surface area contributed by atoms with Crippen LogP contribution in [0.1, 0.15) is 25.7 Å². The molecule has 4 heteroatoms. The van der Waals surface area contributed by atoms with Gasteiger partial charge in [-0.25, -0.2) is 0 Å². The Balaban J connectivity index is 1.84. The Morgan fingerprint density at radius 1 is 1.27 bits per heavy atom. The van der Waals surface area contributed by atoms with Gasteiger partial charge in [-0.05, 0) is 45.8 Å². The summed E-state index contributed by atoms with van der Waals surface area (Å²) >= 11 is 0. The number of piperidine rings is 2. The number of likely N-dealkylation sites (N-methyl/N-ethyl adjacent to an activating group) is 1. The van der Waals surface area contributed by atoms with E-state index in [4.69, 9.17) is 4.74 Å². The van der Waals surface area contributed by atoms with Crippen LogP contribution < -0.4 is 5.32 Å². The molecule has 2 saturated heterocycles. The van der Waals surface area contributed by atoms with Gasteiger partial charge in [0, 0.05) is 6.54 Å². The second-order valence-corrected chi connectivity index (χ2v) is 4.67. The van der Waals surface area contributed by atoms with E-state index in [0.717, 1.165) is 45.3 Å². The van der Waals surface area contributed by atoms with Gasteiger partial charge in [0.05, 0.1) is 12.2 Å². The Labute approximate surface area is 91.6 Å². The predicted molar refractivity (Wildman–Crippen MR) is 58.6 cm³/mol. The van der Waals surface area contributed by atoms with Crippen molar-refractivity contribution in [2.45, 2.75) is 44.1 Å². The first kappa shape index (κ1) is 11.3. The SMILES string of the molecule is CN1CCCC(O)C1OC1CCNCC1. The Kier molecular flexibility index (Phi) is 3.97. The van der Waals surface area contributed by atoms with Gasteiger partial charge in [-0.15, -0.1) is 0 Å². The lowest BCUT2D eigenvalue weighted by molar-refractivity contribution is -0.166. The van der Waals surface area contributed by atoms with Crippen LogP contribution >= 0.6 is 0 Å². The number of hydrogen-bond donors (Lipinski definition) is 2. The van der Waals surface area contributed by atoms with Gasteiger partial charge in [0.1, 0.15) is 6.23 Å². The average molecular weight is 214 g/mol. The molecule has 0 radical (unpaired) electrons. The third-order valence-electron chi connectivity index (χ3n) is 3.39. The summed E-state index contributed by atoms with van der Waals surface area (Å²) in [6, 6.07) is 0. The summed E-state index contributed by atoms with van der Waals surface area (Å²) in [6.07, 6.45) is 4.02. The molecule has 0 amide bonds. The molecule has 0 aromatic rings. The van der Waals surface area contributed by atoms with Crippen LogP contribution in [0.2, 0.25) is 0 Å². The molecule has 0 bridgehead atoms. The van der Waals surface area contributed by atoms with Gasteiger partial charge >= 0.3 is 0 Å². The Hall–Kier alpha value is -0.160. The molecule has 2 fully saturated rings. The molecule has 2 aliphatic heterocycles. The Morgan fingerprint density at radius 2 is 2.00 bits per heavy atom. The first-order valence-corrected chi connectivity index (χ1v) is 6.02. The largest absolute Gasteiger partial charge is 0.389 e. The summed E-state index contributed by atoms with van der Waals surface area (Å²) in [7, 11) is 2.04. The van der Waals surface area contributed by atoms with E-state index in [0.29, 0.717) is 6.10 Å². The van der Waals surface area contributed by atoms with E-state index in [1.807, 2.05) is 7.05 Å². The van der Waals surface area contributed by atoms with Crippen LogP contribution in [0, 0.1) is 0 Å². The molecule has 2 rings (SSSR count). The van der Waals surface area contributed by atoms with Crippen molar-refractivity contribution in [1.29, 1.82) is 0 Å². The second kappa shape index (κ2) is 5.25. The minimum absolute atomic E-state index is 0.0816. The number of ether oxygens (including phenoxy) is 1. The summed E-state index contributed by atoms with van der Waals surface area (Å²) in [4.78, 5) is 2.14. The maximum Gasteiger partial charge on any atom is 0.136 e. The molecule has 2 unspecified atom stereocenters. The molecule has 0 aliphatic carbocycles. The fraction of sp³-hybridized carbons (Fsp3) is 1.00. The number of hydrogen-bond acceptors (Lipinski definition) is 4. The molecule has 0 aromatic carbocycles. The van der Waals surface area contributed by atoms with Gasteiger partial charge < -0.3 is 15.2 Å². The highest BCUT2D eigenvalue weighted by Gasteiger charge is 2.30. The lowest BCUT2D eigenvalue weighted by atomic mass is 10.1. The van der Waals surface area contributed by atoms with Crippen molar-refractivity contribution in [2.75, 3.05) is 26.7 Å². The van der Waals surface area contributed by atoms with Crippen LogP contribution in [0.3, 0.4) is 0 Å². The first-order valence-electron chi connectivity index (χ1n) is 6.02. The topological polar surface area (TPSA) is 44.7 Å². The highest BCUT2D eigenvalue weighted by atomic mass is 16.5. The van der Waals surface area contributed by atoms with Crippen LogP contribution in [0.5, 0.6) is 0 Å². The van der Waals surface area contributed by atoms with Crippen LogP contribution in [0.15, 0.2) is 0 Å². The van der Waals surface area contributed by atoms with E-state index in [1.54, 1.807) is 0 Å². The molecule has 2 heterocycles. The standard InChI is InChI=1S/C11H22N2O2/c1-13-8-2-3-10(14)11(13)15-9-4-6-12-7-5-9/h9-12,14H,2-8H2,1H3.